The number of carboxylic acids is 1. The van der Waals surface area contributed by atoms with E-state index in [1.54, 1.807) is 21.1 Å². The third kappa shape index (κ3) is 2.73. The molecule has 0 aliphatic carbocycles. The van der Waals surface area contributed by atoms with Crippen LogP contribution in [0.4, 0.5) is 0 Å². The quantitative estimate of drug-likeness (QED) is 0.836. The van der Waals surface area contributed by atoms with Gasteiger partial charge in [-0.2, -0.15) is 4.31 Å². The van der Waals surface area contributed by atoms with Crippen molar-refractivity contribution in [2.24, 2.45) is 7.05 Å². The van der Waals surface area contributed by atoms with Gasteiger partial charge in [0.1, 0.15) is 16.6 Å². The molecule has 0 aromatic carbocycles. The van der Waals surface area contributed by atoms with Gasteiger partial charge in [-0.15, -0.1) is 0 Å². The Labute approximate surface area is 129 Å². The molecule has 1 aromatic heterocycles. The molecule has 0 bridgehead atoms. The van der Waals surface area contributed by atoms with E-state index in [2.05, 4.69) is 0 Å². The molecule has 22 heavy (non-hydrogen) atoms. The van der Waals surface area contributed by atoms with Crippen LogP contribution in [0.1, 0.15) is 23.3 Å². The molecule has 1 amide bonds. The summed E-state index contributed by atoms with van der Waals surface area (Å²) in [6, 6.07) is 0.243. The number of aromatic nitrogens is 1. The van der Waals surface area contributed by atoms with E-state index in [1.165, 1.54) is 21.7 Å². The molecule has 2 heterocycles. The van der Waals surface area contributed by atoms with Crippen molar-refractivity contribution in [1.29, 1.82) is 0 Å². The van der Waals surface area contributed by atoms with Crippen molar-refractivity contribution in [3.8, 4) is 0 Å². The number of hydrogen-bond acceptors (Lipinski definition) is 4. The zero-order chi connectivity index (χ0) is 16.7. The summed E-state index contributed by atoms with van der Waals surface area (Å²) in [7, 11) is 0.793. The second kappa shape index (κ2) is 5.73. The number of amides is 1. The van der Waals surface area contributed by atoms with Crippen LogP contribution in [0.3, 0.4) is 0 Å². The van der Waals surface area contributed by atoms with Crippen LogP contribution in [0.15, 0.2) is 17.2 Å². The average molecular weight is 329 g/mol. The van der Waals surface area contributed by atoms with Gasteiger partial charge >= 0.3 is 5.97 Å². The van der Waals surface area contributed by atoms with Gasteiger partial charge in [0.15, 0.2) is 0 Å². The maximum Gasteiger partial charge on any atom is 0.322 e. The number of carbonyl (C=O) groups is 2. The molecule has 8 nitrogen and oxygen atoms in total. The number of aryl methyl sites for hydroxylation is 1. The van der Waals surface area contributed by atoms with Gasteiger partial charge in [-0.25, -0.2) is 8.42 Å². The number of rotatable bonds is 4. The zero-order valence-corrected chi connectivity index (χ0v) is 13.5. The van der Waals surface area contributed by atoms with Crippen LogP contribution in [-0.4, -0.2) is 65.9 Å². The number of carbonyl (C=O) groups excluding carboxylic acids is 1. The lowest BCUT2D eigenvalue weighted by Gasteiger charge is -2.20. The van der Waals surface area contributed by atoms with Crippen molar-refractivity contribution in [3.63, 3.8) is 0 Å². The summed E-state index contributed by atoms with van der Waals surface area (Å²) in [5, 5.41) is 9.14. The first-order chi connectivity index (χ1) is 10.2. The van der Waals surface area contributed by atoms with Crippen LogP contribution in [0.2, 0.25) is 0 Å². The molecule has 9 heteroatoms. The predicted octanol–water partition coefficient (Wildman–Crippen LogP) is -0.0354. The summed E-state index contributed by atoms with van der Waals surface area (Å²) < 4.78 is 27.7. The van der Waals surface area contributed by atoms with Gasteiger partial charge in [0.2, 0.25) is 10.0 Å². The summed E-state index contributed by atoms with van der Waals surface area (Å²) in [6.45, 7) is 0.172. The number of aliphatic carboxylic acids is 1. The van der Waals surface area contributed by atoms with Gasteiger partial charge in [-0.1, -0.05) is 0 Å². The van der Waals surface area contributed by atoms with E-state index >= 15 is 0 Å². The second-order valence-corrected chi connectivity index (χ2v) is 7.37. The van der Waals surface area contributed by atoms with E-state index in [4.69, 9.17) is 5.11 Å². The molecular formula is C13H19N3O5S. The van der Waals surface area contributed by atoms with Gasteiger partial charge in [0, 0.05) is 33.9 Å². The Morgan fingerprint density at radius 1 is 1.36 bits per heavy atom. The van der Waals surface area contributed by atoms with Crippen LogP contribution in [0.5, 0.6) is 0 Å². The van der Waals surface area contributed by atoms with Crippen molar-refractivity contribution in [3.05, 3.63) is 18.0 Å². The standard InChI is InChI=1S/C13H19N3O5S/c1-14(2)12(17)11-7-9(8-15(11)3)22(20,21)16-6-4-5-10(16)13(18)19/h7-8,10H,4-6H2,1-3H3,(H,18,19)/t10-/m0/s1. The molecule has 1 atom stereocenters. The van der Waals surface area contributed by atoms with Gasteiger partial charge in [0.25, 0.3) is 5.91 Å². The fourth-order valence-corrected chi connectivity index (χ4v) is 4.25. The fraction of sp³-hybridized carbons (Fsp3) is 0.538. The highest BCUT2D eigenvalue weighted by molar-refractivity contribution is 7.89. The Morgan fingerprint density at radius 3 is 2.55 bits per heavy atom. The monoisotopic (exact) mass is 329 g/mol. The number of nitrogens with zero attached hydrogens (tertiary/aromatic N) is 3. The molecular weight excluding hydrogens is 310 g/mol. The molecule has 0 unspecified atom stereocenters. The normalized spacial score (nSPS) is 19.3. The van der Waals surface area contributed by atoms with Crippen molar-refractivity contribution < 1.29 is 23.1 Å². The number of sulfonamides is 1. The van der Waals surface area contributed by atoms with Crippen LogP contribution >= 0.6 is 0 Å². The summed E-state index contributed by atoms with van der Waals surface area (Å²) >= 11 is 0. The lowest BCUT2D eigenvalue weighted by atomic mass is 10.2. The molecule has 2 rings (SSSR count). The first-order valence-electron chi connectivity index (χ1n) is 6.79. The molecule has 1 aliphatic rings. The van der Waals surface area contributed by atoms with E-state index in [0.717, 1.165) is 4.31 Å². The highest BCUT2D eigenvalue weighted by Gasteiger charge is 2.40. The zero-order valence-electron chi connectivity index (χ0n) is 12.7. The molecule has 0 saturated carbocycles. The minimum absolute atomic E-state index is 0.0617. The third-order valence-electron chi connectivity index (χ3n) is 3.70. The lowest BCUT2D eigenvalue weighted by Crippen LogP contribution is -2.40. The largest absolute Gasteiger partial charge is 0.480 e. The van der Waals surface area contributed by atoms with Crippen molar-refractivity contribution in [1.82, 2.24) is 13.8 Å². The summed E-state index contributed by atoms with van der Waals surface area (Å²) in [4.78, 5) is 24.5. The molecule has 122 valence electrons. The van der Waals surface area contributed by atoms with Gasteiger partial charge in [-0.3, -0.25) is 9.59 Å². The van der Waals surface area contributed by atoms with Crippen molar-refractivity contribution >= 4 is 21.9 Å². The fourth-order valence-electron chi connectivity index (χ4n) is 2.53. The lowest BCUT2D eigenvalue weighted by molar-refractivity contribution is -0.140. The smallest absolute Gasteiger partial charge is 0.322 e. The van der Waals surface area contributed by atoms with Gasteiger partial charge in [0.05, 0.1) is 0 Å². The Balaban J connectivity index is 2.41. The third-order valence-corrected chi connectivity index (χ3v) is 5.57. The van der Waals surface area contributed by atoms with E-state index in [9.17, 15) is 18.0 Å². The summed E-state index contributed by atoms with van der Waals surface area (Å²) in [5.41, 5.74) is 0.231. The highest BCUT2D eigenvalue weighted by Crippen LogP contribution is 2.27. The Morgan fingerprint density at radius 2 is 2.00 bits per heavy atom. The van der Waals surface area contributed by atoms with E-state index in [-0.39, 0.29) is 23.0 Å². The Bertz CT molecular complexity index is 707. The molecule has 1 saturated heterocycles. The molecule has 0 spiro atoms. The van der Waals surface area contributed by atoms with Crippen LogP contribution in [0, 0.1) is 0 Å². The highest BCUT2D eigenvalue weighted by atomic mass is 32.2. The summed E-state index contributed by atoms with van der Waals surface area (Å²) in [5.74, 6) is -1.47. The molecule has 1 N–H and O–H groups in total. The van der Waals surface area contributed by atoms with Crippen LogP contribution in [-0.2, 0) is 21.9 Å². The molecule has 1 aromatic rings. The number of carboxylic acid groups (broad SMARTS) is 1. The Hall–Kier alpha value is -1.87. The van der Waals surface area contributed by atoms with Crippen molar-refractivity contribution in [2.75, 3.05) is 20.6 Å². The topological polar surface area (TPSA) is 99.9 Å². The van der Waals surface area contributed by atoms with Crippen LogP contribution < -0.4 is 0 Å². The summed E-state index contributed by atoms with van der Waals surface area (Å²) in [6.07, 6.45) is 2.14. The minimum atomic E-state index is -3.93. The van der Waals surface area contributed by atoms with E-state index in [1.807, 2.05) is 0 Å². The van der Waals surface area contributed by atoms with Crippen molar-refractivity contribution in [2.45, 2.75) is 23.8 Å². The van der Waals surface area contributed by atoms with E-state index < -0.39 is 22.0 Å². The van der Waals surface area contributed by atoms with E-state index in [0.29, 0.717) is 12.8 Å². The first-order valence-corrected chi connectivity index (χ1v) is 8.23. The minimum Gasteiger partial charge on any atom is -0.480 e. The first kappa shape index (κ1) is 16.5. The SMILES string of the molecule is CN(C)C(=O)c1cc(S(=O)(=O)N2CCC[C@H]2C(=O)O)cn1C. The maximum absolute atomic E-state index is 12.6. The Kier molecular flexibility index (Phi) is 4.30. The number of hydrogen-bond donors (Lipinski definition) is 1. The van der Waals surface area contributed by atoms with Crippen LogP contribution in [0.25, 0.3) is 0 Å². The maximum atomic E-state index is 12.6. The molecule has 0 radical (unpaired) electrons. The molecule has 1 fully saturated rings. The van der Waals surface area contributed by atoms with Gasteiger partial charge in [-0.05, 0) is 18.9 Å². The second-order valence-electron chi connectivity index (χ2n) is 5.48. The average Bonchev–Trinajstić information content (AvgIpc) is 3.04. The predicted molar refractivity (Wildman–Crippen MR) is 78.0 cm³/mol. The van der Waals surface area contributed by atoms with Gasteiger partial charge < -0.3 is 14.6 Å². The molecule has 1 aliphatic heterocycles.